The largest absolute Gasteiger partial charge is 0.493 e. The van der Waals surface area contributed by atoms with Crippen LogP contribution in [0.4, 0.5) is 0 Å². The zero-order chi connectivity index (χ0) is 24.3. The Morgan fingerprint density at radius 2 is 2.12 bits per heavy atom. The fourth-order valence-electron chi connectivity index (χ4n) is 4.52. The molecule has 2 N–H and O–H groups in total. The first-order valence-corrected chi connectivity index (χ1v) is 11.5. The van der Waals surface area contributed by atoms with Gasteiger partial charge < -0.3 is 24.6 Å². The van der Waals surface area contributed by atoms with Crippen LogP contribution >= 0.6 is 11.6 Å². The van der Waals surface area contributed by atoms with Crippen LogP contribution in [0.3, 0.4) is 0 Å². The maximum atomic E-state index is 12.8. The first-order valence-electron chi connectivity index (χ1n) is 11.1. The molecule has 3 atom stereocenters. The molecule has 0 spiro atoms. The number of cyclic esters (lactones) is 1. The summed E-state index contributed by atoms with van der Waals surface area (Å²) >= 11 is 6.00. The van der Waals surface area contributed by atoms with E-state index in [2.05, 4.69) is 17.2 Å². The van der Waals surface area contributed by atoms with Crippen molar-refractivity contribution in [1.82, 2.24) is 5.32 Å². The second-order valence-electron chi connectivity index (χ2n) is 8.52. The molecular formula is C26H26ClNO6. The minimum Gasteiger partial charge on any atom is -0.493 e. The molecule has 1 amide bonds. The van der Waals surface area contributed by atoms with Gasteiger partial charge >= 0.3 is 5.97 Å². The van der Waals surface area contributed by atoms with Gasteiger partial charge in [-0.05, 0) is 43.5 Å². The molecule has 34 heavy (non-hydrogen) atoms. The fourth-order valence-corrected chi connectivity index (χ4v) is 4.71. The molecule has 0 aromatic heterocycles. The maximum absolute atomic E-state index is 12.8. The molecular weight excluding hydrogens is 458 g/mol. The van der Waals surface area contributed by atoms with Crippen LogP contribution in [0.2, 0.25) is 5.02 Å². The number of halogens is 1. The number of rotatable bonds is 5. The first-order chi connectivity index (χ1) is 16.3. The number of carbonyl (C=O) groups excluding carboxylic acids is 2. The van der Waals surface area contributed by atoms with Crippen LogP contribution in [0.15, 0.2) is 36.4 Å². The Morgan fingerprint density at radius 3 is 2.85 bits per heavy atom. The molecule has 178 valence electrons. The third-order valence-corrected chi connectivity index (χ3v) is 6.34. The van der Waals surface area contributed by atoms with Gasteiger partial charge in [-0.1, -0.05) is 35.6 Å². The number of hydrogen-bond donors (Lipinski definition) is 2. The summed E-state index contributed by atoms with van der Waals surface area (Å²) in [5, 5.41) is 14.5. The molecule has 7 nitrogen and oxygen atoms in total. The predicted octanol–water partition coefficient (Wildman–Crippen LogP) is 3.80. The number of methoxy groups -OCH3 is 2. The number of aliphatic hydroxyl groups is 1. The van der Waals surface area contributed by atoms with Gasteiger partial charge in [0.2, 0.25) is 5.91 Å². The first kappa shape index (κ1) is 23.9. The number of amides is 1. The summed E-state index contributed by atoms with van der Waals surface area (Å²) in [7, 11) is 2.94. The second-order valence-corrected chi connectivity index (χ2v) is 8.95. The smallest absolute Gasteiger partial charge is 0.343 e. The summed E-state index contributed by atoms with van der Waals surface area (Å²) in [5.41, 5.74) is 0.392. The lowest BCUT2D eigenvalue weighted by atomic mass is 9.82. The highest BCUT2D eigenvalue weighted by Gasteiger charge is 2.38. The van der Waals surface area contributed by atoms with Crippen LogP contribution in [0.25, 0.3) is 0 Å². The molecule has 2 aromatic rings. The third-order valence-electron chi connectivity index (χ3n) is 6.11. The van der Waals surface area contributed by atoms with E-state index in [9.17, 15) is 14.7 Å². The third kappa shape index (κ3) is 5.14. The van der Waals surface area contributed by atoms with E-state index in [1.165, 1.54) is 14.2 Å². The van der Waals surface area contributed by atoms with Crippen LogP contribution in [-0.2, 0) is 9.53 Å². The van der Waals surface area contributed by atoms with Gasteiger partial charge in [0.1, 0.15) is 17.3 Å². The van der Waals surface area contributed by atoms with Gasteiger partial charge in [-0.15, -0.1) is 0 Å². The van der Waals surface area contributed by atoms with Gasteiger partial charge in [-0.2, -0.15) is 0 Å². The number of fused-ring (bicyclic) bond motifs is 1. The zero-order valence-electron chi connectivity index (χ0n) is 19.0. The average molecular weight is 484 g/mol. The fraction of sp³-hybridized carbons (Fsp3) is 0.385. The van der Waals surface area contributed by atoms with Gasteiger partial charge in [0.25, 0.3) is 0 Å². The number of esters is 1. The molecule has 1 fully saturated rings. The Hall–Kier alpha value is -3.21. The van der Waals surface area contributed by atoms with E-state index in [0.717, 1.165) is 18.4 Å². The summed E-state index contributed by atoms with van der Waals surface area (Å²) in [6, 6.07) is 10.3. The number of carbonyl (C=O) groups is 2. The minimum atomic E-state index is -1.20. The SMILES string of the molecule is COc1ccc2c(c1OC)C(=O)OC2CC(=O)N[C@H]1CCCC(O)(C#Cc2cccc(Cl)c2)C1. The van der Waals surface area contributed by atoms with Crippen molar-refractivity contribution in [2.75, 3.05) is 14.2 Å². The highest BCUT2D eigenvalue weighted by Crippen LogP contribution is 2.43. The van der Waals surface area contributed by atoms with Crippen LogP contribution in [-0.4, -0.2) is 42.8 Å². The number of hydrogen-bond acceptors (Lipinski definition) is 6. The minimum absolute atomic E-state index is 0.0304. The van der Waals surface area contributed by atoms with Gasteiger partial charge in [0.15, 0.2) is 11.5 Å². The molecule has 1 heterocycles. The highest BCUT2D eigenvalue weighted by atomic mass is 35.5. The van der Waals surface area contributed by atoms with E-state index in [1.807, 2.05) is 6.07 Å². The molecule has 2 unspecified atom stereocenters. The molecule has 0 bridgehead atoms. The summed E-state index contributed by atoms with van der Waals surface area (Å²) in [5.74, 6) is 5.85. The van der Waals surface area contributed by atoms with Crippen molar-refractivity contribution in [2.24, 2.45) is 0 Å². The molecule has 4 rings (SSSR count). The Morgan fingerprint density at radius 1 is 1.29 bits per heavy atom. The summed E-state index contributed by atoms with van der Waals surface area (Å²) in [6.45, 7) is 0. The van der Waals surface area contributed by atoms with Crippen molar-refractivity contribution < 1.29 is 28.9 Å². The maximum Gasteiger partial charge on any atom is 0.343 e. The lowest BCUT2D eigenvalue weighted by molar-refractivity contribution is -0.124. The molecule has 1 aliphatic carbocycles. The summed E-state index contributed by atoms with van der Waals surface area (Å²) in [6.07, 6.45) is 1.56. The van der Waals surface area contributed by atoms with Crippen LogP contribution in [0.1, 0.15) is 59.7 Å². The van der Waals surface area contributed by atoms with E-state index in [0.29, 0.717) is 34.9 Å². The van der Waals surface area contributed by atoms with Crippen LogP contribution in [0.5, 0.6) is 11.5 Å². The zero-order valence-corrected chi connectivity index (χ0v) is 19.8. The standard InChI is InChI=1S/C26H26ClNO6/c1-32-20-9-8-19-21(34-25(30)23(19)24(20)33-2)14-22(29)28-18-7-4-11-26(31,15-18)12-10-16-5-3-6-17(27)13-16/h3,5-6,8-9,13,18,21,31H,4,7,11,14-15H2,1-2H3,(H,28,29)/t18-,21?,26?/m0/s1. The topological polar surface area (TPSA) is 94.1 Å². The van der Waals surface area contributed by atoms with E-state index in [4.69, 9.17) is 25.8 Å². The molecule has 1 saturated carbocycles. The second kappa shape index (κ2) is 9.96. The highest BCUT2D eigenvalue weighted by molar-refractivity contribution is 6.30. The van der Waals surface area contributed by atoms with Crippen molar-refractivity contribution in [1.29, 1.82) is 0 Å². The monoisotopic (exact) mass is 483 g/mol. The van der Waals surface area contributed by atoms with E-state index in [-0.39, 0.29) is 23.9 Å². The van der Waals surface area contributed by atoms with Gasteiger partial charge in [0, 0.05) is 28.6 Å². The molecule has 2 aliphatic rings. The Balaban J connectivity index is 1.41. The number of ether oxygens (including phenoxy) is 3. The summed E-state index contributed by atoms with van der Waals surface area (Å²) in [4.78, 5) is 25.2. The van der Waals surface area contributed by atoms with Crippen LogP contribution in [0, 0.1) is 11.8 Å². The quantitative estimate of drug-likeness (QED) is 0.496. The van der Waals surface area contributed by atoms with Crippen molar-refractivity contribution in [3.8, 4) is 23.3 Å². The predicted molar refractivity (Wildman–Crippen MR) is 126 cm³/mol. The number of nitrogens with one attached hydrogen (secondary N) is 1. The van der Waals surface area contributed by atoms with Gasteiger partial charge in [0.05, 0.1) is 20.6 Å². The lowest BCUT2D eigenvalue weighted by Crippen LogP contribution is -2.45. The molecule has 0 radical (unpaired) electrons. The Labute approximate surface area is 203 Å². The van der Waals surface area contributed by atoms with E-state index < -0.39 is 17.7 Å². The molecule has 2 aromatic carbocycles. The van der Waals surface area contributed by atoms with Crippen LogP contribution < -0.4 is 14.8 Å². The van der Waals surface area contributed by atoms with Gasteiger partial charge in [-0.3, -0.25) is 4.79 Å². The van der Waals surface area contributed by atoms with Crippen molar-refractivity contribution >= 4 is 23.5 Å². The van der Waals surface area contributed by atoms with Crippen molar-refractivity contribution in [3.05, 3.63) is 58.1 Å². The van der Waals surface area contributed by atoms with Gasteiger partial charge in [-0.25, -0.2) is 4.79 Å². The average Bonchev–Trinajstić information content (AvgIpc) is 3.12. The Kier molecular flexibility index (Phi) is 7.01. The van der Waals surface area contributed by atoms with Crippen molar-refractivity contribution in [3.63, 3.8) is 0 Å². The molecule has 1 aliphatic heterocycles. The normalized spacial score (nSPS) is 23.2. The van der Waals surface area contributed by atoms with E-state index in [1.54, 1.807) is 30.3 Å². The van der Waals surface area contributed by atoms with Crippen molar-refractivity contribution in [2.45, 2.75) is 49.9 Å². The summed E-state index contributed by atoms with van der Waals surface area (Å²) < 4.78 is 16.0. The lowest BCUT2D eigenvalue weighted by Gasteiger charge is -2.33. The molecule has 8 heteroatoms. The van der Waals surface area contributed by atoms with E-state index >= 15 is 0 Å². The number of benzene rings is 2. The molecule has 0 saturated heterocycles. The Bertz CT molecular complexity index is 1170.